The molecule has 1 aromatic rings. The number of rotatable bonds is 2. The van der Waals surface area contributed by atoms with Crippen LogP contribution in [0.5, 0.6) is 0 Å². The predicted octanol–water partition coefficient (Wildman–Crippen LogP) is 1.43. The van der Waals surface area contributed by atoms with Gasteiger partial charge in [-0.05, 0) is 37.1 Å². The Labute approximate surface area is 93.4 Å². The zero-order valence-electron chi connectivity index (χ0n) is 9.13. The van der Waals surface area contributed by atoms with Crippen molar-refractivity contribution >= 4 is 5.78 Å². The maximum atomic E-state index is 13.1. The van der Waals surface area contributed by atoms with E-state index in [2.05, 4.69) is 0 Å². The maximum Gasteiger partial charge on any atom is 0.185 e. The van der Waals surface area contributed by atoms with Gasteiger partial charge in [0.15, 0.2) is 5.78 Å². The van der Waals surface area contributed by atoms with Crippen molar-refractivity contribution in [3.8, 4) is 0 Å². The lowest BCUT2D eigenvalue weighted by atomic mass is 9.89. The number of halogens is 1. The number of aryl methyl sites for hydroxylation is 1. The first-order valence-electron chi connectivity index (χ1n) is 5.20. The van der Waals surface area contributed by atoms with E-state index >= 15 is 0 Å². The van der Waals surface area contributed by atoms with E-state index in [4.69, 9.17) is 10.5 Å². The van der Waals surface area contributed by atoms with Crippen molar-refractivity contribution in [2.24, 2.45) is 5.73 Å². The van der Waals surface area contributed by atoms with Crippen LogP contribution in [-0.2, 0) is 4.74 Å². The second-order valence-corrected chi connectivity index (χ2v) is 4.25. The van der Waals surface area contributed by atoms with E-state index in [1.54, 1.807) is 6.92 Å². The molecule has 0 amide bonds. The highest BCUT2D eigenvalue weighted by molar-refractivity contribution is 6.03. The standard InChI is InChI=1S/C12H14FNO2/c1-8-6-9(2-3-10(8)13)11(15)12(14)4-5-16-7-12/h2-3,6H,4-5,7,14H2,1H3. The molecule has 0 radical (unpaired) electrons. The third-order valence-electron chi connectivity index (χ3n) is 2.92. The SMILES string of the molecule is Cc1cc(C(=O)C2(N)CCOC2)ccc1F. The average molecular weight is 223 g/mol. The molecular formula is C12H14FNO2. The van der Waals surface area contributed by atoms with Crippen LogP contribution in [0.25, 0.3) is 0 Å². The van der Waals surface area contributed by atoms with Gasteiger partial charge in [-0.2, -0.15) is 0 Å². The summed E-state index contributed by atoms with van der Waals surface area (Å²) in [6.07, 6.45) is 0.516. The van der Waals surface area contributed by atoms with Crippen molar-refractivity contribution in [1.29, 1.82) is 0 Å². The lowest BCUT2D eigenvalue weighted by Crippen LogP contribution is -2.48. The summed E-state index contributed by atoms with van der Waals surface area (Å²) in [5.41, 5.74) is 5.92. The third-order valence-corrected chi connectivity index (χ3v) is 2.92. The molecule has 1 aliphatic rings. The minimum absolute atomic E-state index is 0.173. The van der Waals surface area contributed by atoms with Gasteiger partial charge in [0.1, 0.15) is 11.4 Å². The Morgan fingerprint density at radius 1 is 1.56 bits per heavy atom. The smallest absolute Gasteiger partial charge is 0.185 e. The monoisotopic (exact) mass is 223 g/mol. The quantitative estimate of drug-likeness (QED) is 0.772. The highest BCUT2D eigenvalue weighted by Crippen LogP contribution is 2.22. The van der Waals surface area contributed by atoms with E-state index in [1.807, 2.05) is 0 Å². The third kappa shape index (κ3) is 1.86. The van der Waals surface area contributed by atoms with Crippen LogP contribution in [0.2, 0.25) is 0 Å². The van der Waals surface area contributed by atoms with Crippen LogP contribution in [0, 0.1) is 12.7 Å². The Balaban J connectivity index is 2.30. The molecule has 86 valence electrons. The number of hydrogen-bond acceptors (Lipinski definition) is 3. The van der Waals surface area contributed by atoms with E-state index in [1.165, 1.54) is 18.2 Å². The number of carbonyl (C=O) groups is 1. The summed E-state index contributed by atoms with van der Waals surface area (Å²) in [5, 5.41) is 0. The number of benzene rings is 1. The molecule has 0 bridgehead atoms. The number of carbonyl (C=O) groups excluding carboxylic acids is 1. The van der Waals surface area contributed by atoms with Crippen LogP contribution in [0.1, 0.15) is 22.3 Å². The fourth-order valence-electron chi connectivity index (χ4n) is 1.83. The van der Waals surface area contributed by atoms with E-state index in [0.717, 1.165) is 0 Å². The van der Waals surface area contributed by atoms with Crippen molar-refractivity contribution in [2.45, 2.75) is 18.9 Å². The highest BCUT2D eigenvalue weighted by Gasteiger charge is 2.38. The molecule has 1 heterocycles. The number of ether oxygens (including phenoxy) is 1. The van der Waals surface area contributed by atoms with Gasteiger partial charge in [0, 0.05) is 12.2 Å². The van der Waals surface area contributed by atoms with Gasteiger partial charge in [-0.3, -0.25) is 4.79 Å². The summed E-state index contributed by atoms with van der Waals surface area (Å²) in [4.78, 5) is 12.1. The molecule has 0 spiro atoms. The molecule has 1 unspecified atom stereocenters. The first-order valence-corrected chi connectivity index (χ1v) is 5.20. The molecule has 2 N–H and O–H groups in total. The molecule has 1 fully saturated rings. The van der Waals surface area contributed by atoms with Crippen LogP contribution in [0.15, 0.2) is 18.2 Å². The van der Waals surface area contributed by atoms with Crippen molar-refractivity contribution in [3.63, 3.8) is 0 Å². The number of nitrogens with two attached hydrogens (primary N) is 1. The van der Waals surface area contributed by atoms with E-state index in [-0.39, 0.29) is 18.2 Å². The lowest BCUT2D eigenvalue weighted by molar-refractivity contribution is 0.0863. The number of hydrogen-bond donors (Lipinski definition) is 1. The minimum Gasteiger partial charge on any atom is -0.379 e. The second-order valence-electron chi connectivity index (χ2n) is 4.25. The Hall–Kier alpha value is -1.26. The molecule has 1 saturated heterocycles. The first kappa shape index (κ1) is 11.2. The second kappa shape index (κ2) is 3.96. The molecular weight excluding hydrogens is 209 g/mol. The molecule has 16 heavy (non-hydrogen) atoms. The van der Waals surface area contributed by atoms with Crippen molar-refractivity contribution in [3.05, 3.63) is 35.1 Å². The number of ketones is 1. The summed E-state index contributed by atoms with van der Waals surface area (Å²) in [6.45, 7) is 2.37. The predicted molar refractivity (Wildman–Crippen MR) is 57.8 cm³/mol. The Bertz CT molecular complexity index is 425. The van der Waals surface area contributed by atoms with Crippen molar-refractivity contribution < 1.29 is 13.9 Å². The summed E-state index contributed by atoms with van der Waals surface area (Å²) in [5.74, 6) is -0.488. The molecule has 0 saturated carbocycles. The van der Waals surface area contributed by atoms with Gasteiger partial charge >= 0.3 is 0 Å². The zero-order chi connectivity index (χ0) is 11.8. The fourth-order valence-corrected chi connectivity index (χ4v) is 1.83. The minimum atomic E-state index is -0.940. The summed E-state index contributed by atoms with van der Waals surface area (Å²) in [6, 6.07) is 4.30. The largest absolute Gasteiger partial charge is 0.379 e. The molecule has 4 heteroatoms. The summed E-state index contributed by atoms with van der Waals surface area (Å²) in [7, 11) is 0. The normalized spacial score (nSPS) is 24.7. The van der Waals surface area contributed by atoms with E-state index in [0.29, 0.717) is 24.2 Å². The molecule has 3 nitrogen and oxygen atoms in total. The van der Waals surface area contributed by atoms with Gasteiger partial charge in [-0.25, -0.2) is 4.39 Å². The Kier molecular flexibility index (Phi) is 2.78. The fraction of sp³-hybridized carbons (Fsp3) is 0.417. The van der Waals surface area contributed by atoms with Crippen LogP contribution < -0.4 is 5.73 Å². The van der Waals surface area contributed by atoms with Gasteiger partial charge < -0.3 is 10.5 Å². The molecule has 0 aliphatic carbocycles. The van der Waals surface area contributed by atoms with Gasteiger partial charge in [-0.15, -0.1) is 0 Å². The lowest BCUT2D eigenvalue weighted by Gasteiger charge is -2.20. The number of Topliss-reactive ketones (excluding diaryl/α,β-unsaturated/α-hetero) is 1. The van der Waals surface area contributed by atoms with Crippen molar-refractivity contribution in [2.75, 3.05) is 13.2 Å². The Morgan fingerprint density at radius 2 is 2.31 bits per heavy atom. The summed E-state index contributed by atoms with van der Waals surface area (Å²) < 4.78 is 18.2. The van der Waals surface area contributed by atoms with Gasteiger partial charge in [0.25, 0.3) is 0 Å². The van der Waals surface area contributed by atoms with Gasteiger partial charge in [0.2, 0.25) is 0 Å². The van der Waals surface area contributed by atoms with Crippen LogP contribution in [0.4, 0.5) is 4.39 Å². The first-order chi connectivity index (χ1) is 7.53. The van der Waals surface area contributed by atoms with Crippen LogP contribution in [0.3, 0.4) is 0 Å². The highest BCUT2D eigenvalue weighted by atomic mass is 19.1. The molecule has 2 rings (SSSR count). The Morgan fingerprint density at radius 3 is 2.88 bits per heavy atom. The van der Waals surface area contributed by atoms with Gasteiger partial charge in [0.05, 0.1) is 6.61 Å². The summed E-state index contributed by atoms with van der Waals surface area (Å²) >= 11 is 0. The molecule has 1 aromatic carbocycles. The maximum absolute atomic E-state index is 13.1. The van der Waals surface area contributed by atoms with E-state index in [9.17, 15) is 9.18 Å². The van der Waals surface area contributed by atoms with Crippen LogP contribution in [-0.4, -0.2) is 24.5 Å². The van der Waals surface area contributed by atoms with Gasteiger partial charge in [-0.1, -0.05) is 0 Å². The average Bonchev–Trinajstić information content (AvgIpc) is 2.70. The molecule has 1 aliphatic heterocycles. The molecule has 1 atom stereocenters. The molecule has 0 aromatic heterocycles. The zero-order valence-corrected chi connectivity index (χ0v) is 9.13. The van der Waals surface area contributed by atoms with Crippen LogP contribution >= 0.6 is 0 Å². The van der Waals surface area contributed by atoms with E-state index < -0.39 is 5.54 Å². The topological polar surface area (TPSA) is 52.3 Å². The van der Waals surface area contributed by atoms with Crippen molar-refractivity contribution in [1.82, 2.24) is 0 Å².